The topological polar surface area (TPSA) is 32.8 Å². The van der Waals surface area contributed by atoms with E-state index in [9.17, 15) is 18.0 Å². The van der Waals surface area contributed by atoms with Crippen molar-refractivity contribution < 1.29 is 22.7 Å². The maximum atomic E-state index is 12.3. The van der Waals surface area contributed by atoms with Crippen molar-refractivity contribution in [1.82, 2.24) is 9.80 Å². The molecule has 0 unspecified atom stereocenters. The number of hydrogen-bond acceptors (Lipinski definition) is 3. The van der Waals surface area contributed by atoms with Crippen molar-refractivity contribution in [1.29, 1.82) is 0 Å². The van der Waals surface area contributed by atoms with Crippen LogP contribution in [-0.4, -0.2) is 54.7 Å². The van der Waals surface area contributed by atoms with E-state index in [4.69, 9.17) is 16.3 Å². The Balaban J connectivity index is 1.43. The summed E-state index contributed by atoms with van der Waals surface area (Å²) in [5.74, 6) is 0.456. The predicted octanol–water partition coefficient (Wildman–Crippen LogP) is 4.89. The minimum Gasteiger partial charge on any atom is -0.489 e. The lowest BCUT2D eigenvalue weighted by atomic mass is 9.82. The summed E-state index contributed by atoms with van der Waals surface area (Å²) in [4.78, 5) is 15.6. The molecule has 1 aromatic rings. The Morgan fingerprint density at radius 1 is 1.28 bits per heavy atom. The van der Waals surface area contributed by atoms with E-state index >= 15 is 0 Å². The third kappa shape index (κ3) is 6.51. The number of likely N-dealkylation sites (tertiary alicyclic amines) is 1. The van der Waals surface area contributed by atoms with E-state index in [-0.39, 0.29) is 12.0 Å². The molecule has 1 saturated heterocycles. The van der Waals surface area contributed by atoms with Gasteiger partial charge in [-0.05, 0) is 56.3 Å². The molecule has 0 atom stereocenters. The van der Waals surface area contributed by atoms with Gasteiger partial charge in [-0.15, -0.1) is 0 Å². The Morgan fingerprint density at radius 2 is 1.97 bits per heavy atom. The van der Waals surface area contributed by atoms with Crippen LogP contribution in [0.1, 0.15) is 44.1 Å². The summed E-state index contributed by atoms with van der Waals surface area (Å²) in [7, 11) is 1.56. The number of amides is 1. The van der Waals surface area contributed by atoms with E-state index in [1.54, 1.807) is 7.05 Å². The quantitative estimate of drug-likeness (QED) is 0.586. The zero-order valence-electron chi connectivity index (χ0n) is 16.7. The van der Waals surface area contributed by atoms with Crippen molar-refractivity contribution >= 4 is 17.5 Å². The number of nitrogens with zero attached hydrogens (tertiary/aromatic N) is 2. The van der Waals surface area contributed by atoms with E-state index in [0.717, 1.165) is 38.0 Å². The van der Waals surface area contributed by atoms with Crippen molar-refractivity contribution in [2.45, 2.75) is 57.3 Å². The summed E-state index contributed by atoms with van der Waals surface area (Å²) in [6.07, 6.45) is -1.85. The van der Waals surface area contributed by atoms with Crippen LogP contribution in [0.4, 0.5) is 13.2 Å². The van der Waals surface area contributed by atoms with Gasteiger partial charge in [0.1, 0.15) is 5.75 Å². The lowest BCUT2D eigenvalue weighted by Crippen LogP contribution is -2.42. The molecule has 0 bridgehead atoms. The molecule has 0 aromatic heterocycles. The zero-order chi connectivity index (χ0) is 21.0. The number of alkyl halides is 3. The van der Waals surface area contributed by atoms with Crippen LogP contribution in [0.2, 0.25) is 5.02 Å². The highest BCUT2D eigenvalue weighted by Crippen LogP contribution is 2.36. The molecule has 0 N–H and O–H groups in total. The first kappa shape index (κ1) is 22.2. The highest BCUT2D eigenvalue weighted by molar-refractivity contribution is 6.32. The fourth-order valence-corrected chi connectivity index (χ4v) is 4.21. The van der Waals surface area contributed by atoms with Crippen molar-refractivity contribution in [2.75, 3.05) is 26.7 Å². The Labute approximate surface area is 174 Å². The van der Waals surface area contributed by atoms with Gasteiger partial charge in [0, 0.05) is 26.6 Å². The van der Waals surface area contributed by atoms with Gasteiger partial charge in [-0.25, -0.2) is 0 Å². The van der Waals surface area contributed by atoms with Gasteiger partial charge in [-0.1, -0.05) is 23.7 Å². The number of carbonyl (C=O) groups excluding carboxylic acids is 1. The third-order valence-corrected chi connectivity index (χ3v) is 6.13. The van der Waals surface area contributed by atoms with Crippen molar-refractivity contribution in [3.8, 4) is 5.75 Å². The summed E-state index contributed by atoms with van der Waals surface area (Å²) in [5.41, 5.74) is 1.07. The fourth-order valence-electron chi connectivity index (χ4n) is 3.98. The number of carbonyl (C=O) groups is 1. The van der Waals surface area contributed by atoms with E-state index in [1.165, 1.54) is 17.7 Å². The zero-order valence-corrected chi connectivity index (χ0v) is 17.4. The van der Waals surface area contributed by atoms with E-state index < -0.39 is 24.9 Å². The minimum absolute atomic E-state index is 0.0261. The summed E-state index contributed by atoms with van der Waals surface area (Å²) in [6, 6.07) is 5.85. The summed E-state index contributed by atoms with van der Waals surface area (Å²) in [5, 5.41) is 0.655. The highest BCUT2D eigenvalue weighted by atomic mass is 35.5. The van der Waals surface area contributed by atoms with Crippen molar-refractivity contribution in [2.24, 2.45) is 5.92 Å². The Kier molecular flexibility index (Phi) is 7.32. The van der Waals surface area contributed by atoms with Crippen LogP contribution < -0.4 is 4.74 Å². The molecule has 162 valence electrons. The largest absolute Gasteiger partial charge is 0.489 e. The second kappa shape index (κ2) is 9.56. The van der Waals surface area contributed by atoms with E-state index in [0.29, 0.717) is 17.3 Å². The average molecular weight is 433 g/mol. The van der Waals surface area contributed by atoms with Crippen LogP contribution in [0.15, 0.2) is 18.2 Å². The van der Waals surface area contributed by atoms with Crippen LogP contribution in [0.3, 0.4) is 0 Å². The number of hydrogen-bond donors (Lipinski definition) is 0. The smallest absolute Gasteiger partial charge is 0.389 e. The molecular formula is C21H28ClF3N2O2. The Hall–Kier alpha value is -1.47. The molecule has 3 rings (SSSR count). The molecular weight excluding hydrogens is 405 g/mol. The standard InChI is InChI=1S/C21H28ClF3N2O2/c1-26(19(28)7-8-21(23,24)25)13-15-11-17(12-15)29-18-6-4-5-16(20(18)22)14-27-9-2-3-10-27/h4-6,15,17H,2-3,7-14H2,1H3. The Bertz CT molecular complexity index is 702. The number of ether oxygens (including phenoxy) is 1. The van der Waals surface area contributed by atoms with Gasteiger partial charge in [0.15, 0.2) is 0 Å². The predicted molar refractivity (Wildman–Crippen MR) is 106 cm³/mol. The fraction of sp³-hybridized carbons (Fsp3) is 0.667. The van der Waals surface area contributed by atoms with Crippen LogP contribution in [0, 0.1) is 5.92 Å². The van der Waals surface area contributed by atoms with Crippen molar-refractivity contribution in [3.63, 3.8) is 0 Å². The van der Waals surface area contributed by atoms with Gasteiger partial charge in [0.2, 0.25) is 5.91 Å². The molecule has 2 aliphatic rings. The second-order valence-electron chi connectivity index (χ2n) is 8.18. The first-order valence-corrected chi connectivity index (χ1v) is 10.6. The van der Waals surface area contributed by atoms with E-state index in [1.807, 2.05) is 18.2 Å². The van der Waals surface area contributed by atoms with Gasteiger partial charge in [0.05, 0.1) is 17.5 Å². The maximum absolute atomic E-state index is 12.3. The SMILES string of the molecule is CN(CC1CC(Oc2cccc(CN3CCCC3)c2Cl)C1)C(=O)CCC(F)(F)F. The molecule has 1 saturated carbocycles. The molecule has 1 aromatic carbocycles. The third-order valence-electron chi connectivity index (χ3n) is 5.70. The summed E-state index contributed by atoms with van der Waals surface area (Å²) < 4.78 is 42.8. The molecule has 29 heavy (non-hydrogen) atoms. The number of rotatable bonds is 8. The molecule has 0 spiro atoms. The summed E-state index contributed by atoms with van der Waals surface area (Å²) >= 11 is 6.55. The van der Waals surface area contributed by atoms with Gasteiger partial charge in [-0.3, -0.25) is 9.69 Å². The van der Waals surface area contributed by atoms with Crippen LogP contribution in [0.5, 0.6) is 5.75 Å². The van der Waals surface area contributed by atoms with Crippen LogP contribution >= 0.6 is 11.6 Å². The van der Waals surface area contributed by atoms with Crippen molar-refractivity contribution in [3.05, 3.63) is 28.8 Å². The average Bonchev–Trinajstić information content (AvgIpc) is 3.13. The van der Waals surface area contributed by atoms with Crippen LogP contribution in [0.25, 0.3) is 0 Å². The molecule has 8 heteroatoms. The monoisotopic (exact) mass is 432 g/mol. The molecule has 1 aliphatic heterocycles. The molecule has 2 fully saturated rings. The molecule has 1 heterocycles. The Morgan fingerprint density at radius 3 is 2.62 bits per heavy atom. The highest BCUT2D eigenvalue weighted by Gasteiger charge is 2.34. The molecule has 4 nitrogen and oxygen atoms in total. The normalized spacial score (nSPS) is 22.4. The van der Waals surface area contributed by atoms with Crippen LogP contribution in [-0.2, 0) is 11.3 Å². The van der Waals surface area contributed by atoms with Gasteiger partial charge in [-0.2, -0.15) is 13.2 Å². The van der Waals surface area contributed by atoms with Gasteiger partial charge in [0.25, 0.3) is 0 Å². The van der Waals surface area contributed by atoms with Gasteiger partial charge >= 0.3 is 6.18 Å². The lowest BCUT2D eigenvalue weighted by Gasteiger charge is -2.37. The minimum atomic E-state index is -4.30. The maximum Gasteiger partial charge on any atom is 0.389 e. The molecule has 1 aliphatic carbocycles. The molecule has 0 radical (unpaired) electrons. The number of benzene rings is 1. The second-order valence-corrected chi connectivity index (χ2v) is 8.56. The van der Waals surface area contributed by atoms with E-state index in [2.05, 4.69) is 4.90 Å². The van der Waals surface area contributed by atoms with Gasteiger partial charge < -0.3 is 9.64 Å². The first-order chi connectivity index (χ1) is 13.7. The number of halogens is 4. The lowest BCUT2D eigenvalue weighted by molar-refractivity contribution is -0.149. The summed E-state index contributed by atoms with van der Waals surface area (Å²) in [6.45, 7) is 3.48. The first-order valence-electron chi connectivity index (χ1n) is 10.2. The molecule has 1 amide bonds.